The Morgan fingerprint density at radius 1 is 1.36 bits per heavy atom. The highest BCUT2D eigenvalue weighted by molar-refractivity contribution is 7.85. The van der Waals surface area contributed by atoms with Gasteiger partial charge in [-0.05, 0) is 70.6 Å². The van der Waals surface area contributed by atoms with Crippen molar-refractivity contribution in [3.63, 3.8) is 0 Å². The average molecular weight is 413 g/mol. The number of halogens is 1. The molecule has 1 fully saturated rings. The van der Waals surface area contributed by atoms with Crippen LogP contribution in [0.15, 0.2) is 22.6 Å². The standard InChI is InChI=1S/C22H32FNO3S/c1-21(2,3)28(25)24-20-19-14-18(27-13-5-12-23)7-6-16(19)15-22(20)10-8-17(26-4)9-11-22/h6-7,14,17H,5,8-13,15H2,1-4H3/i4D3. The zero-order chi connectivity index (χ0) is 22.9. The highest BCUT2D eigenvalue weighted by Crippen LogP contribution is 2.49. The first kappa shape index (κ1) is 17.6. The third-order valence-corrected chi connectivity index (χ3v) is 7.06. The number of benzene rings is 1. The molecule has 0 amide bonds. The molecule has 0 N–H and O–H groups in total. The Morgan fingerprint density at radius 2 is 2.11 bits per heavy atom. The van der Waals surface area contributed by atoms with Crippen LogP contribution in [-0.4, -0.2) is 41.1 Å². The highest BCUT2D eigenvalue weighted by Gasteiger charge is 2.46. The second-order valence-corrected chi connectivity index (χ2v) is 10.7. The van der Waals surface area contributed by atoms with Crippen LogP contribution in [0.1, 0.15) is 68.1 Å². The van der Waals surface area contributed by atoms with Crippen LogP contribution in [0.3, 0.4) is 0 Å². The molecule has 1 unspecified atom stereocenters. The molecule has 0 bridgehead atoms. The molecule has 3 rings (SSSR count). The summed E-state index contributed by atoms with van der Waals surface area (Å²) in [5.41, 5.74) is 2.59. The molecule has 156 valence electrons. The summed E-state index contributed by atoms with van der Waals surface area (Å²) in [7, 11) is -3.82. The maximum Gasteiger partial charge on any atom is 0.145 e. The summed E-state index contributed by atoms with van der Waals surface area (Å²) < 4.78 is 62.7. The first-order valence-electron chi connectivity index (χ1n) is 11.4. The number of rotatable bonds is 6. The number of hydrogen-bond acceptors (Lipinski definition) is 3. The lowest BCUT2D eigenvalue weighted by molar-refractivity contribution is 0.0468. The fourth-order valence-corrected chi connectivity index (χ4v) is 4.77. The maximum absolute atomic E-state index is 13.0. The van der Waals surface area contributed by atoms with Crippen molar-refractivity contribution in [2.45, 2.75) is 70.1 Å². The molecule has 1 aromatic rings. The van der Waals surface area contributed by atoms with E-state index in [1.165, 1.54) is 0 Å². The lowest BCUT2D eigenvalue weighted by Gasteiger charge is -2.37. The van der Waals surface area contributed by atoms with Crippen molar-refractivity contribution in [3.8, 4) is 5.75 Å². The highest BCUT2D eigenvalue weighted by atomic mass is 32.2. The Balaban J connectivity index is 1.91. The molecule has 2 aliphatic rings. The number of nitrogens with zero attached hydrogens (tertiary/aromatic N) is 1. The summed E-state index contributed by atoms with van der Waals surface area (Å²) in [5.74, 6) is 0.651. The normalized spacial score (nSPS) is 29.2. The average Bonchev–Trinajstić information content (AvgIpc) is 2.95. The van der Waals surface area contributed by atoms with Crippen molar-refractivity contribution in [2.24, 2.45) is 9.81 Å². The molecule has 1 spiro atoms. The van der Waals surface area contributed by atoms with Gasteiger partial charge in [0, 0.05) is 24.4 Å². The minimum atomic E-state index is -2.40. The molecular formula is C22H32FNO3S. The minimum absolute atomic E-state index is 0.282. The number of alkyl halides is 1. The molecule has 0 aliphatic heterocycles. The Labute approximate surface area is 174 Å². The van der Waals surface area contributed by atoms with Gasteiger partial charge in [0.25, 0.3) is 0 Å². The van der Waals surface area contributed by atoms with Crippen LogP contribution in [0.25, 0.3) is 0 Å². The quantitative estimate of drug-likeness (QED) is 0.630. The van der Waals surface area contributed by atoms with Gasteiger partial charge in [0.1, 0.15) is 16.7 Å². The molecule has 28 heavy (non-hydrogen) atoms. The fourth-order valence-electron chi connectivity index (χ4n) is 4.04. The van der Waals surface area contributed by atoms with Crippen molar-refractivity contribution in [1.29, 1.82) is 0 Å². The first-order chi connectivity index (χ1) is 14.4. The van der Waals surface area contributed by atoms with Crippen LogP contribution in [0.4, 0.5) is 4.39 Å². The Morgan fingerprint density at radius 3 is 2.75 bits per heavy atom. The molecular weight excluding hydrogens is 377 g/mol. The monoisotopic (exact) mass is 412 g/mol. The van der Waals surface area contributed by atoms with E-state index in [1.807, 2.05) is 39.0 Å². The zero-order valence-electron chi connectivity index (χ0n) is 19.9. The van der Waals surface area contributed by atoms with Gasteiger partial charge in [0.2, 0.25) is 0 Å². The van der Waals surface area contributed by atoms with Gasteiger partial charge in [-0.1, -0.05) is 6.07 Å². The third-order valence-electron chi connectivity index (χ3n) is 5.67. The Bertz CT molecular complexity index is 843. The number of methoxy groups -OCH3 is 1. The third kappa shape index (κ3) is 4.48. The van der Waals surface area contributed by atoms with Gasteiger partial charge < -0.3 is 9.47 Å². The molecule has 0 radical (unpaired) electrons. The van der Waals surface area contributed by atoms with E-state index in [-0.39, 0.29) is 11.5 Å². The molecule has 0 saturated heterocycles. The lowest BCUT2D eigenvalue weighted by Crippen LogP contribution is -2.36. The van der Waals surface area contributed by atoms with E-state index >= 15 is 0 Å². The molecule has 6 heteroatoms. The zero-order valence-corrected chi connectivity index (χ0v) is 17.7. The van der Waals surface area contributed by atoms with Crippen molar-refractivity contribution < 1.29 is 22.2 Å². The number of hydrogen-bond donors (Lipinski definition) is 0. The van der Waals surface area contributed by atoms with Crippen LogP contribution >= 0.6 is 0 Å². The van der Waals surface area contributed by atoms with Gasteiger partial charge in [-0.15, -0.1) is 0 Å². The fraction of sp³-hybridized carbons (Fsp3) is 0.682. The van der Waals surface area contributed by atoms with Gasteiger partial charge in [0.05, 0.1) is 34.0 Å². The molecule has 1 aromatic carbocycles. The van der Waals surface area contributed by atoms with Crippen LogP contribution < -0.4 is 4.74 Å². The van der Waals surface area contributed by atoms with Crippen LogP contribution in [0.5, 0.6) is 5.75 Å². The summed E-state index contributed by atoms with van der Waals surface area (Å²) in [4.78, 5) is 0. The van der Waals surface area contributed by atoms with Gasteiger partial charge in [0.15, 0.2) is 0 Å². The minimum Gasteiger partial charge on any atom is -0.493 e. The van der Waals surface area contributed by atoms with Crippen LogP contribution in [-0.2, 0) is 22.1 Å². The molecule has 1 saturated carbocycles. The molecule has 1 atom stereocenters. The lowest BCUT2D eigenvalue weighted by atomic mass is 9.70. The first-order valence-corrected chi connectivity index (χ1v) is 11.1. The second-order valence-electron chi connectivity index (χ2n) is 8.79. The van der Waals surface area contributed by atoms with Gasteiger partial charge in [-0.2, -0.15) is 4.40 Å². The summed E-state index contributed by atoms with van der Waals surface area (Å²) in [6, 6.07) is 5.82. The largest absolute Gasteiger partial charge is 0.493 e. The topological polar surface area (TPSA) is 47.9 Å². The molecule has 0 aromatic heterocycles. The van der Waals surface area contributed by atoms with E-state index in [0.717, 1.165) is 36.1 Å². The molecule has 4 nitrogen and oxygen atoms in total. The predicted octanol–water partition coefficient (Wildman–Crippen LogP) is 4.81. The summed E-state index contributed by atoms with van der Waals surface area (Å²) in [6.45, 7) is 5.56. The number of fused-ring (bicyclic) bond motifs is 1. The van der Waals surface area contributed by atoms with Crippen molar-refractivity contribution >= 4 is 16.7 Å². The Kier molecular flexibility index (Phi) is 5.41. The maximum atomic E-state index is 13.0. The van der Waals surface area contributed by atoms with E-state index in [4.69, 9.17) is 18.0 Å². The van der Waals surface area contributed by atoms with E-state index in [9.17, 15) is 8.60 Å². The van der Waals surface area contributed by atoms with Crippen molar-refractivity contribution in [3.05, 3.63) is 29.3 Å². The Hall–Kier alpha value is -1.27. The number of ether oxygens (including phenoxy) is 2. The van der Waals surface area contributed by atoms with E-state index in [2.05, 4.69) is 0 Å². The summed E-state index contributed by atoms with van der Waals surface area (Å²) >= 11 is 0. The second kappa shape index (κ2) is 8.62. The molecule has 0 heterocycles. The van der Waals surface area contributed by atoms with Crippen LogP contribution in [0, 0.1) is 5.41 Å². The van der Waals surface area contributed by atoms with E-state index in [0.29, 0.717) is 31.6 Å². The van der Waals surface area contributed by atoms with Crippen LogP contribution in [0.2, 0.25) is 0 Å². The summed E-state index contributed by atoms with van der Waals surface area (Å²) in [6.07, 6.45) is 3.48. The van der Waals surface area contributed by atoms with E-state index < -0.39 is 29.4 Å². The SMILES string of the molecule is [2H]C([2H])([2H])OC1CCC2(CC1)Cc1ccc(OCCCF)cc1C2=NS(=O)C(C)(C)C. The van der Waals surface area contributed by atoms with Gasteiger partial charge in [-0.25, -0.2) is 4.21 Å². The predicted molar refractivity (Wildman–Crippen MR) is 112 cm³/mol. The van der Waals surface area contributed by atoms with Crippen molar-refractivity contribution in [2.75, 3.05) is 20.3 Å². The van der Waals surface area contributed by atoms with Gasteiger partial charge in [-0.3, -0.25) is 4.39 Å². The van der Waals surface area contributed by atoms with Crippen molar-refractivity contribution in [1.82, 2.24) is 0 Å². The van der Waals surface area contributed by atoms with Gasteiger partial charge >= 0.3 is 0 Å². The summed E-state index contributed by atoms with van der Waals surface area (Å²) in [5, 5.41) is 0. The molecule has 2 aliphatic carbocycles. The smallest absolute Gasteiger partial charge is 0.145 e. The van der Waals surface area contributed by atoms with E-state index in [1.54, 1.807) is 0 Å².